The Bertz CT molecular complexity index is 487. The number of methoxy groups -OCH3 is 1. The van der Waals surface area contributed by atoms with Gasteiger partial charge in [0.2, 0.25) is 0 Å². The number of benzene rings is 1. The van der Waals surface area contributed by atoms with E-state index >= 15 is 0 Å². The zero-order valence-corrected chi connectivity index (χ0v) is 12.1. The molecule has 0 bridgehead atoms. The number of hydrogen-bond acceptors (Lipinski definition) is 2. The summed E-state index contributed by atoms with van der Waals surface area (Å²) >= 11 is 3.45. The molecule has 1 saturated carbocycles. The van der Waals surface area contributed by atoms with Crippen molar-refractivity contribution in [3.63, 3.8) is 0 Å². The molecule has 0 amide bonds. The molecule has 2 aliphatic rings. The first-order chi connectivity index (χ1) is 8.64. The molecule has 0 aliphatic heterocycles. The Morgan fingerprint density at radius 1 is 1.33 bits per heavy atom. The van der Waals surface area contributed by atoms with Gasteiger partial charge in [-0.05, 0) is 49.8 Å². The van der Waals surface area contributed by atoms with E-state index in [1.54, 1.807) is 7.11 Å². The average molecular weight is 309 g/mol. The molecule has 18 heavy (non-hydrogen) atoms. The predicted octanol–water partition coefficient (Wildman–Crippen LogP) is 3.76. The van der Waals surface area contributed by atoms with Crippen LogP contribution in [0.3, 0.4) is 0 Å². The molecule has 0 atom stereocenters. The minimum absolute atomic E-state index is 0.127. The van der Waals surface area contributed by atoms with Crippen LogP contribution in [0.4, 0.5) is 0 Å². The molecule has 0 aromatic heterocycles. The number of ketones is 1. The molecule has 3 rings (SSSR count). The van der Waals surface area contributed by atoms with E-state index in [1.165, 1.54) is 5.56 Å². The summed E-state index contributed by atoms with van der Waals surface area (Å²) in [6, 6.07) is 6.11. The highest BCUT2D eigenvalue weighted by atomic mass is 79.9. The van der Waals surface area contributed by atoms with E-state index in [9.17, 15) is 4.79 Å². The maximum Gasteiger partial charge on any atom is 0.169 e. The molecular formula is C15H17BrO2. The Hall–Kier alpha value is -0.670. The molecule has 0 heterocycles. The van der Waals surface area contributed by atoms with Crippen molar-refractivity contribution < 1.29 is 9.53 Å². The van der Waals surface area contributed by atoms with Gasteiger partial charge in [0.15, 0.2) is 5.78 Å². The second-order valence-corrected chi connectivity index (χ2v) is 6.44. The number of halogens is 1. The fourth-order valence-corrected chi connectivity index (χ4v) is 3.79. The Kier molecular flexibility index (Phi) is 3.07. The van der Waals surface area contributed by atoms with Crippen LogP contribution < -0.4 is 0 Å². The maximum atomic E-state index is 12.7. The SMILES string of the molecule is CO[C@H]1CC[C@@]2(CC1)Cc1ccc(Br)cc1C2=O. The average Bonchev–Trinajstić information content (AvgIpc) is 2.65. The van der Waals surface area contributed by atoms with Gasteiger partial charge in [-0.1, -0.05) is 22.0 Å². The van der Waals surface area contributed by atoms with Crippen LogP contribution in [0.1, 0.15) is 41.6 Å². The standard InChI is InChI=1S/C15H17BrO2/c1-18-12-4-6-15(7-5-12)9-10-2-3-11(16)8-13(10)14(15)17/h2-3,8,12H,4-7,9H2,1H3/t12-,15+. The van der Waals surface area contributed by atoms with Gasteiger partial charge in [0.25, 0.3) is 0 Å². The summed E-state index contributed by atoms with van der Waals surface area (Å²) in [5.74, 6) is 0.355. The van der Waals surface area contributed by atoms with Crippen molar-refractivity contribution in [2.45, 2.75) is 38.2 Å². The van der Waals surface area contributed by atoms with E-state index < -0.39 is 0 Å². The number of fused-ring (bicyclic) bond motifs is 1. The molecule has 0 unspecified atom stereocenters. The molecule has 1 aromatic carbocycles. The van der Waals surface area contributed by atoms with Gasteiger partial charge in [0.1, 0.15) is 0 Å². The van der Waals surface area contributed by atoms with E-state index in [4.69, 9.17) is 4.74 Å². The number of carbonyl (C=O) groups is 1. The molecular weight excluding hydrogens is 292 g/mol. The van der Waals surface area contributed by atoms with Crippen molar-refractivity contribution in [3.05, 3.63) is 33.8 Å². The van der Waals surface area contributed by atoms with Crippen LogP contribution in [0.2, 0.25) is 0 Å². The third kappa shape index (κ3) is 1.84. The molecule has 1 fully saturated rings. The monoisotopic (exact) mass is 308 g/mol. The van der Waals surface area contributed by atoms with E-state index in [0.717, 1.165) is 42.1 Å². The van der Waals surface area contributed by atoms with Gasteiger partial charge in [-0.3, -0.25) is 4.79 Å². The fraction of sp³-hybridized carbons (Fsp3) is 0.533. The first-order valence-electron chi connectivity index (χ1n) is 6.51. The number of carbonyl (C=O) groups excluding carboxylic acids is 1. The molecule has 0 radical (unpaired) electrons. The quantitative estimate of drug-likeness (QED) is 0.789. The molecule has 2 aliphatic carbocycles. The van der Waals surface area contributed by atoms with Crippen LogP contribution in [0.25, 0.3) is 0 Å². The molecule has 0 N–H and O–H groups in total. The van der Waals surface area contributed by atoms with Crippen molar-refractivity contribution in [2.75, 3.05) is 7.11 Å². The fourth-order valence-electron chi connectivity index (χ4n) is 3.43. The Balaban J connectivity index is 1.88. The third-order valence-electron chi connectivity index (χ3n) is 4.55. The molecule has 0 saturated heterocycles. The zero-order chi connectivity index (χ0) is 12.8. The van der Waals surface area contributed by atoms with Crippen molar-refractivity contribution in [1.29, 1.82) is 0 Å². The molecule has 1 spiro atoms. The summed E-state index contributed by atoms with van der Waals surface area (Å²) in [6.45, 7) is 0. The van der Waals surface area contributed by atoms with Gasteiger partial charge in [-0.2, -0.15) is 0 Å². The smallest absolute Gasteiger partial charge is 0.169 e. The van der Waals surface area contributed by atoms with E-state index in [1.807, 2.05) is 12.1 Å². The highest BCUT2D eigenvalue weighted by molar-refractivity contribution is 9.10. The number of rotatable bonds is 1. The minimum Gasteiger partial charge on any atom is -0.381 e. The second-order valence-electron chi connectivity index (χ2n) is 5.52. The third-order valence-corrected chi connectivity index (χ3v) is 5.04. The number of ether oxygens (including phenoxy) is 1. The van der Waals surface area contributed by atoms with Crippen LogP contribution in [0.5, 0.6) is 0 Å². The zero-order valence-electron chi connectivity index (χ0n) is 10.5. The van der Waals surface area contributed by atoms with Crippen LogP contribution in [-0.2, 0) is 11.2 Å². The van der Waals surface area contributed by atoms with Gasteiger partial charge in [0.05, 0.1) is 6.10 Å². The summed E-state index contributed by atoms with van der Waals surface area (Å²) in [6.07, 6.45) is 5.23. The van der Waals surface area contributed by atoms with E-state index in [0.29, 0.717) is 11.9 Å². The maximum absolute atomic E-state index is 12.7. The summed E-state index contributed by atoms with van der Waals surface area (Å²) in [5.41, 5.74) is 2.03. The van der Waals surface area contributed by atoms with Gasteiger partial charge in [-0.15, -0.1) is 0 Å². The first kappa shape index (κ1) is 12.4. The Morgan fingerprint density at radius 2 is 2.06 bits per heavy atom. The first-order valence-corrected chi connectivity index (χ1v) is 7.30. The van der Waals surface area contributed by atoms with Gasteiger partial charge >= 0.3 is 0 Å². The second kappa shape index (κ2) is 4.46. The lowest BCUT2D eigenvalue weighted by atomic mass is 9.70. The highest BCUT2D eigenvalue weighted by Gasteiger charge is 2.47. The van der Waals surface area contributed by atoms with Crippen molar-refractivity contribution in [2.24, 2.45) is 5.41 Å². The van der Waals surface area contributed by atoms with Crippen LogP contribution in [-0.4, -0.2) is 19.0 Å². The lowest BCUT2D eigenvalue weighted by Gasteiger charge is -2.35. The van der Waals surface area contributed by atoms with Crippen LogP contribution >= 0.6 is 15.9 Å². The molecule has 1 aromatic rings. The lowest BCUT2D eigenvalue weighted by molar-refractivity contribution is 0.0285. The summed E-state index contributed by atoms with van der Waals surface area (Å²) in [7, 11) is 1.77. The normalized spacial score (nSPS) is 30.8. The Labute approximate surface area is 116 Å². The van der Waals surface area contributed by atoms with Crippen molar-refractivity contribution >= 4 is 21.7 Å². The lowest BCUT2D eigenvalue weighted by Crippen LogP contribution is -2.35. The molecule has 2 nitrogen and oxygen atoms in total. The molecule has 96 valence electrons. The van der Waals surface area contributed by atoms with E-state index in [2.05, 4.69) is 22.0 Å². The minimum atomic E-state index is -0.127. The number of hydrogen-bond donors (Lipinski definition) is 0. The van der Waals surface area contributed by atoms with Crippen LogP contribution in [0.15, 0.2) is 22.7 Å². The number of Topliss-reactive ketones (excluding diaryl/α,β-unsaturated/α-hetero) is 1. The summed E-state index contributed by atoms with van der Waals surface area (Å²) in [5, 5.41) is 0. The summed E-state index contributed by atoms with van der Waals surface area (Å²) < 4.78 is 6.40. The van der Waals surface area contributed by atoms with Gasteiger partial charge in [-0.25, -0.2) is 0 Å². The van der Waals surface area contributed by atoms with Crippen LogP contribution in [0, 0.1) is 5.41 Å². The Morgan fingerprint density at radius 3 is 2.72 bits per heavy atom. The van der Waals surface area contributed by atoms with Crippen molar-refractivity contribution in [1.82, 2.24) is 0 Å². The largest absolute Gasteiger partial charge is 0.381 e. The van der Waals surface area contributed by atoms with Gasteiger partial charge < -0.3 is 4.74 Å². The predicted molar refractivity (Wildman–Crippen MR) is 73.9 cm³/mol. The molecule has 3 heteroatoms. The highest BCUT2D eigenvalue weighted by Crippen LogP contribution is 2.47. The van der Waals surface area contributed by atoms with Gasteiger partial charge in [0, 0.05) is 22.6 Å². The topological polar surface area (TPSA) is 26.3 Å². The summed E-state index contributed by atoms with van der Waals surface area (Å²) in [4.78, 5) is 12.7. The van der Waals surface area contributed by atoms with Crippen molar-refractivity contribution in [3.8, 4) is 0 Å². The van der Waals surface area contributed by atoms with E-state index in [-0.39, 0.29) is 5.41 Å².